The maximum absolute atomic E-state index is 12.8. The topological polar surface area (TPSA) is 32.3 Å². The van der Waals surface area contributed by atoms with Crippen LogP contribution in [0.3, 0.4) is 0 Å². The van der Waals surface area contributed by atoms with Crippen LogP contribution in [0.1, 0.15) is 60.3 Å². The van der Waals surface area contributed by atoms with Gasteiger partial charge >= 0.3 is 0 Å². The summed E-state index contributed by atoms with van der Waals surface area (Å²) in [6.07, 6.45) is 4.23. The van der Waals surface area contributed by atoms with E-state index >= 15 is 0 Å². The van der Waals surface area contributed by atoms with Gasteiger partial charge in [-0.15, -0.1) is 12.4 Å². The van der Waals surface area contributed by atoms with Crippen LogP contribution in [0, 0.1) is 17.8 Å². The number of hydrogen-bond donors (Lipinski definition) is 1. The van der Waals surface area contributed by atoms with Gasteiger partial charge in [0, 0.05) is 25.0 Å². The van der Waals surface area contributed by atoms with Gasteiger partial charge in [-0.3, -0.25) is 4.79 Å². The quantitative estimate of drug-likeness (QED) is 0.776. The van der Waals surface area contributed by atoms with Crippen molar-refractivity contribution in [2.75, 3.05) is 19.6 Å². The van der Waals surface area contributed by atoms with Crippen molar-refractivity contribution in [3.8, 4) is 0 Å². The largest absolute Gasteiger partial charge is 0.342 e. The number of halogens is 1. The van der Waals surface area contributed by atoms with Gasteiger partial charge in [0.1, 0.15) is 0 Å². The summed E-state index contributed by atoms with van der Waals surface area (Å²) in [5, 5.41) is 3.44. The maximum atomic E-state index is 12.8. The first-order chi connectivity index (χ1) is 9.40. The Morgan fingerprint density at radius 1 is 1.14 bits per heavy atom. The van der Waals surface area contributed by atoms with Gasteiger partial charge in [0.05, 0.1) is 0 Å². The van der Waals surface area contributed by atoms with Crippen LogP contribution < -0.4 is 5.32 Å². The van der Waals surface area contributed by atoms with Crippen LogP contribution >= 0.6 is 12.4 Å². The van der Waals surface area contributed by atoms with E-state index in [1.54, 1.807) is 0 Å². The minimum atomic E-state index is 0. The Kier molecular flexibility index (Phi) is 10.3. The Balaban J connectivity index is 0.00000400. The van der Waals surface area contributed by atoms with Crippen LogP contribution in [-0.4, -0.2) is 36.5 Å². The molecule has 1 heterocycles. The molecule has 1 aliphatic rings. The van der Waals surface area contributed by atoms with E-state index in [2.05, 4.69) is 44.8 Å². The summed E-state index contributed by atoms with van der Waals surface area (Å²) < 4.78 is 0. The normalized spacial score (nSPS) is 22.2. The molecule has 126 valence electrons. The predicted octanol–water partition coefficient (Wildman–Crippen LogP) is 3.72. The fourth-order valence-corrected chi connectivity index (χ4v) is 2.77. The van der Waals surface area contributed by atoms with Gasteiger partial charge in [-0.2, -0.15) is 0 Å². The summed E-state index contributed by atoms with van der Waals surface area (Å²) in [6.45, 7) is 14.0. The van der Waals surface area contributed by atoms with E-state index in [1.165, 1.54) is 0 Å². The van der Waals surface area contributed by atoms with E-state index in [0.29, 0.717) is 23.8 Å². The number of piperidine rings is 1. The number of amides is 1. The molecule has 1 N–H and O–H groups in total. The van der Waals surface area contributed by atoms with Gasteiger partial charge in [-0.05, 0) is 51.0 Å². The van der Waals surface area contributed by atoms with Crippen LogP contribution in [0.25, 0.3) is 0 Å². The molecule has 21 heavy (non-hydrogen) atoms. The molecular weight excluding hydrogens is 284 g/mol. The third kappa shape index (κ3) is 8.06. The maximum Gasteiger partial charge on any atom is 0.225 e. The molecular formula is C17H35ClN2O. The molecule has 0 unspecified atom stereocenters. The van der Waals surface area contributed by atoms with Gasteiger partial charge in [-0.25, -0.2) is 0 Å². The number of carbonyl (C=O) groups excluding carboxylic acids is 1. The first kappa shape index (κ1) is 20.7. The molecule has 1 amide bonds. The third-order valence-corrected chi connectivity index (χ3v) is 4.24. The van der Waals surface area contributed by atoms with Gasteiger partial charge in [0.25, 0.3) is 0 Å². The molecule has 1 rings (SSSR count). The standard InChI is InChI=1S/C17H34N2O.ClH/c1-13(2)7-10-19(11-8-14(3)4)17(20)16-6-9-18-15(5)12-16;/h13-16,18H,6-12H2,1-5H3;1H/t15-,16-;/m0./s1. The molecule has 3 nitrogen and oxygen atoms in total. The number of hydrogen-bond acceptors (Lipinski definition) is 2. The van der Waals surface area contributed by atoms with Crippen LogP contribution in [-0.2, 0) is 4.79 Å². The van der Waals surface area contributed by atoms with E-state index in [0.717, 1.165) is 45.3 Å². The number of nitrogens with one attached hydrogen (secondary N) is 1. The zero-order valence-electron chi connectivity index (χ0n) is 14.5. The van der Waals surface area contributed by atoms with Crippen molar-refractivity contribution >= 4 is 18.3 Å². The highest BCUT2D eigenvalue weighted by molar-refractivity contribution is 5.85. The second-order valence-corrected chi connectivity index (χ2v) is 7.27. The number of rotatable bonds is 7. The molecule has 4 heteroatoms. The van der Waals surface area contributed by atoms with E-state index in [-0.39, 0.29) is 18.3 Å². The van der Waals surface area contributed by atoms with Crippen LogP contribution in [0.5, 0.6) is 0 Å². The Bertz CT molecular complexity index is 283. The van der Waals surface area contributed by atoms with Gasteiger partial charge < -0.3 is 10.2 Å². The molecule has 0 aromatic carbocycles. The van der Waals surface area contributed by atoms with Crippen molar-refractivity contribution in [1.29, 1.82) is 0 Å². The van der Waals surface area contributed by atoms with Crippen molar-refractivity contribution in [3.63, 3.8) is 0 Å². The minimum Gasteiger partial charge on any atom is -0.342 e. The highest BCUT2D eigenvalue weighted by Gasteiger charge is 2.28. The molecule has 0 aliphatic carbocycles. The highest BCUT2D eigenvalue weighted by Crippen LogP contribution is 2.20. The second-order valence-electron chi connectivity index (χ2n) is 7.27. The fourth-order valence-electron chi connectivity index (χ4n) is 2.77. The Morgan fingerprint density at radius 3 is 2.10 bits per heavy atom. The lowest BCUT2D eigenvalue weighted by Crippen LogP contribution is -2.45. The summed E-state index contributed by atoms with van der Waals surface area (Å²) in [5.41, 5.74) is 0. The second kappa shape index (κ2) is 10.4. The Morgan fingerprint density at radius 2 is 1.67 bits per heavy atom. The summed E-state index contributed by atoms with van der Waals surface area (Å²) in [4.78, 5) is 14.9. The average Bonchev–Trinajstić information content (AvgIpc) is 2.37. The van der Waals surface area contributed by atoms with Crippen molar-refractivity contribution in [2.24, 2.45) is 17.8 Å². The highest BCUT2D eigenvalue weighted by atomic mass is 35.5. The third-order valence-electron chi connectivity index (χ3n) is 4.24. The van der Waals surface area contributed by atoms with Crippen molar-refractivity contribution < 1.29 is 4.79 Å². The first-order valence-corrected chi connectivity index (χ1v) is 8.42. The lowest BCUT2D eigenvalue weighted by Gasteiger charge is -2.33. The van der Waals surface area contributed by atoms with Crippen molar-refractivity contribution in [2.45, 2.75) is 66.3 Å². The van der Waals surface area contributed by atoms with Crippen molar-refractivity contribution in [3.05, 3.63) is 0 Å². The van der Waals surface area contributed by atoms with Crippen LogP contribution in [0.4, 0.5) is 0 Å². The van der Waals surface area contributed by atoms with Gasteiger partial charge in [0.15, 0.2) is 0 Å². The lowest BCUT2D eigenvalue weighted by molar-refractivity contribution is -0.137. The van der Waals surface area contributed by atoms with E-state index < -0.39 is 0 Å². The molecule has 1 fully saturated rings. The van der Waals surface area contributed by atoms with E-state index in [9.17, 15) is 4.79 Å². The predicted molar refractivity (Wildman–Crippen MR) is 92.9 cm³/mol. The average molecular weight is 319 g/mol. The monoisotopic (exact) mass is 318 g/mol. The van der Waals surface area contributed by atoms with Crippen LogP contribution in [0.15, 0.2) is 0 Å². The SMILES string of the molecule is CC(C)CCN(CCC(C)C)C(=O)[C@H]1CCN[C@@H](C)C1.Cl. The fraction of sp³-hybridized carbons (Fsp3) is 0.941. The summed E-state index contributed by atoms with van der Waals surface area (Å²) in [7, 11) is 0. The summed E-state index contributed by atoms with van der Waals surface area (Å²) in [5.74, 6) is 1.97. The number of carbonyl (C=O) groups is 1. The van der Waals surface area contributed by atoms with E-state index in [1.807, 2.05) is 0 Å². The summed E-state index contributed by atoms with van der Waals surface area (Å²) in [6, 6.07) is 0.481. The first-order valence-electron chi connectivity index (χ1n) is 8.42. The minimum absolute atomic E-state index is 0. The zero-order valence-corrected chi connectivity index (χ0v) is 15.3. The summed E-state index contributed by atoms with van der Waals surface area (Å²) >= 11 is 0. The van der Waals surface area contributed by atoms with Crippen molar-refractivity contribution in [1.82, 2.24) is 10.2 Å². The lowest BCUT2D eigenvalue weighted by atomic mass is 9.91. The molecule has 0 bridgehead atoms. The van der Waals surface area contributed by atoms with Crippen LogP contribution in [0.2, 0.25) is 0 Å². The molecule has 0 aromatic rings. The molecule has 0 aromatic heterocycles. The number of nitrogens with zero attached hydrogens (tertiary/aromatic N) is 1. The van der Waals surface area contributed by atoms with E-state index in [4.69, 9.17) is 0 Å². The zero-order chi connectivity index (χ0) is 15.1. The van der Waals surface area contributed by atoms with Gasteiger partial charge in [-0.1, -0.05) is 27.7 Å². The smallest absolute Gasteiger partial charge is 0.225 e. The molecule has 1 aliphatic heterocycles. The molecule has 0 saturated carbocycles. The molecule has 0 radical (unpaired) electrons. The Hall–Kier alpha value is -0.280. The molecule has 2 atom stereocenters. The molecule has 1 saturated heterocycles. The van der Waals surface area contributed by atoms with Gasteiger partial charge in [0.2, 0.25) is 5.91 Å². The Labute approximate surface area is 137 Å². The molecule has 0 spiro atoms.